The summed E-state index contributed by atoms with van der Waals surface area (Å²) in [4.78, 5) is 11.1. The zero-order valence-electron chi connectivity index (χ0n) is 6.53. The molecule has 0 bridgehead atoms. The molecule has 1 heterocycles. The lowest BCUT2D eigenvalue weighted by atomic mass is 10.3. The molecule has 1 aromatic rings. The van der Waals surface area contributed by atoms with Crippen LogP contribution in [0.3, 0.4) is 0 Å². The van der Waals surface area contributed by atoms with Crippen molar-refractivity contribution in [3.8, 4) is 0 Å². The lowest BCUT2D eigenvalue weighted by molar-refractivity contribution is 0.635. The maximum Gasteiger partial charge on any atom is 0.251 e. The lowest BCUT2D eigenvalue weighted by Gasteiger charge is -2.08. The van der Waals surface area contributed by atoms with Gasteiger partial charge in [-0.1, -0.05) is 12.1 Å². The van der Waals surface area contributed by atoms with E-state index in [2.05, 4.69) is 6.58 Å². The highest BCUT2D eigenvalue weighted by atomic mass is 16.1. The summed E-state index contributed by atoms with van der Waals surface area (Å²) in [6.07, 6.45) is 3.50. The summed E-state index contributed by atoms with van der Waals surface area (Å²) in [5.74, 6) is 0. The average molecular weight is 149 g/mol. The third-order valence-corrected chi connectivity index (χ3v) is 1.63. The third kappa shape index (κ3) is 1.58. The number of hydrogen-bond donors (Lipinski definition) is 0. The third-order valence-electron chi connectivity index (χ3n) is 1.63. The Balaban J connectivity index is 3.13. The minimum Gasteiger partial charge on any atom is -0.309 e. The van der Waals surface area contributed by atoms with Gasteiger partial charge in [0.2, 0.25) is 0 Å². The minimum atomic E-state index is 0.0138. The van der Waals surface area contributed by atoms with Gasteiger partial charge in [-0.25, -0.2) is 0 Å². The second-order valence-electron chi connectivity index (χ2n) is 2.42. The van der Waals surface area contributed by atoms with Gasteiger partial charge in [0.25, 0.3) is 5.56 Å². The molecule has 58 valence electrons. The molecule has 11 heavy (non-hydrogen) atoms. The monoisotopic (exact) mass is 149 g/mol. The Morgan fingerprint density at radius 2 is 2.36 bits per heavy atom. The number of allylic oxidation sites excluding steroid dienone is 1. The summed E-state index contributed by atoms with van der Waals surface area (Å²) in [6.45, 7) is 5.54. The van der Waals surface area contributed by atoms with E-state index in [1.807, 2.05) is 13.0 Å². The van der Waals surface area contributed by atoms with Crippen LogP contribution in [0.1, 0.15) is 13.0 Å². The molecule has 0 aromatic carbocycles. The van der Waals surface area contributed by atoms with Crippen LogP contribution >= 0.6 is 0 Å². The number of rotatable bonds is 2. The van der Waals surface area contributed by atoms with E-state index in [-0.39, 0.29) is 11.6 Å². The van der Waals surface area contributed by atoms with Gasteiger partial charge in [0, 0.05) is 12.3 Å². The Bertz CT molecular complexity index is 300. The summed E-state index contributed by atoms with van der Waals surface area (Å²) < 4.78 is 1.63. The fourth-order valence-electron chi connectivity index (χ4n) is 0.890. The molecule has 0 aliphatic carbocycles. The van der Waals surface area contributed by atoms with Crippen LogP contribution in [0.15, 0.2) is 41.8 Å². The Labute approximate surface area is 65.8 Å². The molecule has 0 spiro atoms. The van der Waals surface area contributed by atoms with Crippen LogP contribution in [0.5, 0.6) is 0 Å². The summed E-state index contributed by atoms with van der Waals surface area (Å²) in [5, 5.41) is 0. The van der Waals surface area contributed by atoms with Crippen molar-refractivity contribution in [2.24, 2.45) is 0 Å². The summed E-state index contributed by atoms with van der Waals surface area (Å²) >= 11 is 0. The summed E-state index contributed by atoms with van der Waals surface area (Å²) in [7, 11) is 0. The van der Waals surface area contributed by atoms with Gasteiger partial charge in [-0.05, 0) is 13.0 Å². The average Bonchev–Trinajstić information content (AvgIpc) is 2.04. The van der Waals surface area contributed by atoms with Gasteiger partial charge in [-0.15, -0.1) is 6.58 Å². The predicted molar refractivity (Wildman–Crippen MR) is 45.6 cm³/mol. The van der Waals surface area contributed by atoms with E-state index >= 15 is 0 Å². The van der Waals surface area contributed by atoms with Crippen molar-refractivity contribution in [3.63, 3.8) is 0 Å². The van der Waals surface area contributed by atoms with Gasteiger partial charge in [-0.3, -0.25) is 4.79 Å². The van der Waals surface area contributed by atoms with Crippen LogP contribution in [-0.2, 0) is 0 Å². The summed E-state index contributed by atoms with van der Waals surface area (Å²) in [6, 6.07) is 5.18. The molecule has 0 aliphatic heterocycles. The van der Waals surface area contributed by atoms with E-state index in [0.29, 0.717) is 0 Å². The molecule has 2 heteroatoms. The molecule has 0 N–H and O–H groups in total. The first kappa shape index (κ1) is 7.79. The number of aromatic nitrogens is 1. The molecular formula is C9H11NO. The number of pyridine rings is 1. The quantitative estimate of drug-likeness (QED) is 0.585. The van der Waals surface area contributed by atoms with Crippen LogP contribution in [0.4, 0.5) is 0 Å². The highest BCUT2D eigenvalue weighted by molar-refractivity contribution is 4.97. The predicted octanol–water partition coefficient (Wildman–Crippen LogP) is 1.60. The van der Waals surface area contributed by atoms with Gasteiger partial charge < -0.3 is 4.57 Å². The topological polar surface area (TPSA) is 22.0 Å². The molecule has 0 amide bonds. The van der Waals surface area contributed by atoms with Gasteiger partial charge in [0.1, 0.15) is 0 Å². The summed E-state index contributed by atoms with van der Waals surface area (Å²) in [5.41, 5.74) is 0.0138. The first-order valence-electron chi connectivity index (χ1n) is 3.55. The molecule has 0 saturated heterocycles. The Kier molecular flexibility index (Phi) is 2.26. The first-order chi connectivity index (χ1) is 5.25. The lowest BCUT2D eigenvalue weighted by Crippen LogP contribution is -2.19. The Morgan fingerprint density at radius 3 is 2.91 bits per heavy atom. The molecule has 2 nitrogen and oxygen atoms in total. The van der Waals surface area contributed by atoms with E-state index in [1.54, 1.807) is 29.0 Å². The van der Waals surface area contributed by atoms with E-state index < -0.39 is 0 Å². The van der Waals surface area contributed by atoms with Crippen LogP contribution < -0.4 is 5.56 Å². The van der Waals surface area contributed by atoms with Crippen LogP contribution in [0, 0.1) is 0 Å². The highest BCUT2D eigenvalue weighted by Crippen LogP contribution is 2.00. The van der Waals surface area contributed by atoms with Crippen molar-refractivity contribution in [2.45, 2.75) is 13.0 Å². The Hall–Kier alpha value is -1.31. The first-order valence-corrected chi connectivity index (χ1v) is 3.55. The molecule has 0 aliphatic rings. The maximum atomic E-state index is 11.1. The zero-order valence-corrected chi connectivity index (χ0v) is 6.53. The SMILES string of the molecule is C=CC(C)n1ccccc1=O. The number of nitrogens with zero attached hydrogens (tertiary/aromatic N) is 1. The minimum absolute atomic E-state index is 0.0138. The molecule has 1 atom stereocenters. The normalized spacial score (nSPS) is 12.5. The zero-order chi connectivity index (χ0) is 8.27. The largest absolute Gasteiger partial charge is 0.309 e. The second kappa shape index (κ2) is 3.19. The van der Waals surface area contributed by atoms with Crippen molar-refractivity contribution in [3.05, 3.63) is 47.4 Å². The smallest absolute Gasteiger partial charge is 0.251 e. The van der Waals surface area contributed by atoms with Gasteiger partial charge >= 0.3 is 0 Å². The Morgan fingerprint density at radius 1 is 1.64 bits per heavy atom. The van der Waals surface area contributed by atoms with Crippen LogP contribution in [-0.4, -0.2) is 4.57 Å². The van der Waals surface area contributed by atoms with E-state index in [1.165, 1.54) is 0 Å². The van der Waals surface area contributed by atoms with Gasteiger partial charge in [0.05, 0.1) is 6.04 Å². The molecular weight excluding hydrogens is 138 g/mol. The molecule has 0 saturated carbocycles. The van der Waals surface area contributed by atoms with Crippen LogP contribution in [0.25, 0.3) is 0 Å². The molecule has 1 aromatic heterocycles. The molecule has 1 rings (SSSR count). The highest BCUT2D eigenvalue weighted by Gasteiger charge is 1.98. The van der Waals surface area contributed by atoms with Crippen molar-refractivity contribution < 1.29 is 0 Å². The fraction of sp³-hybridized carbons (Fsp3) is 0.222. The molecule has 1 unspecified atom stereocenters. The van der Waals surface area contributed by atoms with Gasteiger partial charge in [-0.2, -0.15) is 0 Å². The standard InChI is InChI=1S/C9H11NO/c1-3-8(2)10-7-5-4-6-9(10)11/h3-8H,1H2,2H3. The van der Waals surface area contributed by atoms with Crippen molar-refractivity contribution in [1.29, 1.82) is 0 Å². The molecule has 0 fully saturated rings. The van der Waals surface area contributed by atoms with E-state index in [0.717, 1.165) is 0 Å². The van der Waals surface area contributed by atoms with Crippen molar-refractivity contribution >= 4 is 0 Å². The van der Waals surface area contributed by atoms with E-state index in [4.69, 9.17) is 0 Å². The van der Waals surface area contributed by atoms with Gasteiger partial charge in [0.15, 0.2) is 0 Å². The maximum absolute atomic E-state index is 11.1. The molecule has 0 radical (unpaired) electrons. The van der Waals surface area contributed by atoms with E-state index in [9.17, 15) is 4.79 Å². The second-order valence-corrected chi connectivity index (χ2v) is 2.42. The fourth-order valence-corrected chi connectivity index (χ4v) is 0.890. The number of hydrogen-bond acceptors (Lipinski definition) is 1. The van der Waals surface area contributed by atoms with Crippen molar-refractivity contribution in [1.82, 2.24) is 4.57 Å². The van der Waals surface area contributed by atoms with Crippen molar-refractivity contribution in [2.75, 3.05) is 0 Å². The van der Waals surface area contributed by atoms with Crippen LogP contribution in [0.2, 0.25) is 0 Å².